The molecule has 0 bridgehead atoms. The van der Waals surface area contributed by atoms with E-state index >= 15 is 0 Å². The van der Waals surface area contributed by atoms with Gasteiger partial charge in [0.25, 0.3) is 0 Å². The third-order valence-electron chi connectivity index (χ3n) is 13.5. The van der Waals surface area contributed by atoms with E-state index in [0.29, 0.717) is 0 Å². The Hall–Kier alpha value is -6.65. The molecule has 0 unspecified atom stereocenters. The Labute approximate surface area is 356 Å². The molecule has 5 aromatic heterocycles. The summed E-state index contributed by atoms with van der Waals surface area (Å²) in [6, 6.07) is 52.5. The maximum Gasteiger partial charge on any atom is 0.146 e. The molecule has 0 aliphatic rings. The molecule has 7 aromatic carbocycles. The van der Waals surface area contributed by atoms with Crippen LogP contribution in [0.5, 0.6) is 0 Å². The fraction of sp³-hybridized carbons (Fsp3) is 0.211. The number of aromatic nitrogens is 3. The number of para-hydroxylation sites is 2. The van der Waals surface area contributed by atoms with Crippen LogP contribution in [0.1, 0.15) is 79.0 Å². The van der Waals surface area contributed by atoms with Gasteiger partial charge in [-0.2, -0.15) is 0 Å². The zero-order chi connectivity index (χ0) is 41.9. The normalized spacial score (nSPS) is 13.3. The second-order valence-corrected chi connectivity index (χ2v) is 20.6. The molecule has 0 amide bonds. The first-order chi connectivity index (χ1) is 29.1. The summed E-state index contributed by atoms with van der Waals surface area (Å²) < 4.78 is 5.04. The van der Waals surface area contributed by atoms with Crippen LogP contribution < -0.4 is 4.90 Å². The fourth-order valence-electron chi connectivity index (χ4n) is 10.2. The molecule has 12 aromatic rings. The Morgan fingerprint density at radius 3 is 1.43 bits per heavy atom. The van der Waals surface area contributed by atoms with Gasteiger partial charge in [-0.05, 0) is 123 Å². The highest BCUT2D eigenvalue weighted by Crippen LogP contribution is 2.50. The Kier molecular flexibility index (Phi) is 7.13. The van der Waals surface area contributed by atoms with Crippen LogP contribution in [0, 0.1) is 0 Å². The van der Waals surface area contributed by atoms with E-state index in [2.05, 4.69) is 216 Å². The molecule has 5 heterocycles. The largest absolute Gasteiger partial charge is 0.308 e. The molecule has 0 saturated carbocycles. The molecule has 0 fully saturated rings. The first-order valence-electron chi connectivity index (χ1n) is 21.8. The van der Waals surface area contributed by atoms with Gasteiger partial charge in [-0.25, -0.2) is 4.98 Å². The van der Waals surface area contributed by atoms with E-state index in [0.717, 1.165) is 33.7 Å². The van der Waals surface area contributed by atoms with Crippen LogP contribution in [0.2, 0.25) is 0 Å². The van der Waals surface area contributed by atoms with Gasteiger partial charge in [-0.15, -0.1) is 0 Å². The van der Waals surface area contributed by atoms with Gasteiger partial charge in [-0.3, -0.25) is 4.40 Å². The standard InChI is InChI=1S/C57H50N4/c1-55(2,3)35-27-42-43-29-37(57(7,8)9)31-49(59(38-20-12-10-13-21-38)39-22-14-11-15-23-39)53(43)61-51(42)44(28-35)45-32-48-50(58-54(45)61)46-30-36(56(4,5)6)26-41-40-24-33-18-16-17-19-34(33)25-47(40)60(48)52(41)46/h10-32H,1-9H3. The average molecular weight is 791 g/mol. The summed E-state index contributed by atoms with van der Waals surface area (Å²) in [6.07, 6.45) is 0. The molecule has 4 nitrogen and oxygen atoms in total. The monoisotopic (exact) mass is 790 g/mol. The smallest absolute Gasteiger partial charge is 0.146 e. The van der Waals surface area contributed by atoms with Crippen molar-refractivity contribution in [3.05, 3.63) is 156 Å². The summed E-state index contributed by atoms with van der Waals surface area (Å²) in [6.45, 7) is 21.0. The number of benzene rings is 7. The summed E-state index contributed by atoms with van der Waals surface area (Å²) >= 11 is 0. The van der Waals surface area contributed by atoms with Gasteiger partial charge in [0.2, 0.25) is 0 Å². The highest BCUT2D eigenvalue weighted by molar-refractivity contribution is 6.29. The van der Waals surface area contributed by atoms with Crippen LogP contribution in [-0.4, -0.2) is 13.8 Å². The molecule has 0 atom stereocenters. The molecule has 0 aliphatic carbocycles. The number of hydrogen-bond donors (Lipinski definition) is 0. The van der Waals surface area contributed by atoms with Gasteiger partial charge < -0.3 is 9.30 Å². The highest BCUT2D eigenvalue weighted by atomic mass is 15.2. The minimum absolute atomic E-state index is 0.0458. The van der Waals surface area contributed by atoms with E-state index in [1.54, 1.807) is 0 Å². The predicted octanol–water partition coefficient (Wildman–Crippen LogP) is 15.9. The van der Waals surface area contributed by atoms with Gasteiger partial charge in [0.05, 0.1) is 38.8 Å². The number of anilines is 3. The van der Waals surface area contributed by atoms with Gasteiger partial charge in [0, 0.05) is 49.1 Å². The van der Waals surface area contributed by atoms with E-state index in [9.17, 15) is 0 Å². The minimum Gasteiger partial charge on any atom is -0.308 e. The Morgan fingerprint density at radius 1 is 0.393 bits per heavy atom. The SMILES string of the molecule is CC(C)(C)c1cc(N(c2ccccc2)c2ccccc2)c2c(c1)c1cc(C(C)(C)C)cc3c4cc5c(nc4n2c31)c1cc(C(C)(C)C)cc2c3cc4ccccc4cc3n5c21. The molecule has 4 heteroatoms. The van der Waals surface area contributed by atoms with Crippen molar-refractivity contribution >= 4 is 104 Å². The Balaban J connectivity index is 1.32. The van der Waals surface area contributed by atoms with E-state index in [1.165, 1.54) is 87.2 Å². The van der Waals surface area contributed by atoms with Crippen molar-refractivity contribution in [3.63, 3.8) is 0 Å². The third-order valence-corrected chi connectivity index (χ3v) is 13.5. The zero-order valence-corrected chi connectivity index (χ0v) is 36.6. The van der Waals surface area contributed by atoms with Crippen LogP contribution in [0.4, 0.5) is 17.1 Å². The summed E-state index contributed by atoms with van der Waals surface area (Å²) in [5, 5.41) is 11.3. The number of hydrogen-bond acceptors (Lipinski definition) is 2. The molecular formula is C57H50N4. The first-order valence-corrected chi connectivity index (χ1v) is 21.8. The van der Waals surface area contributed by atoms with Crippen LogP contribution in [0.3, 0.4) is 0 Å². The number of pyridine rings is 1. The van der Waals surface area contributed by atoms with Gasteiger partial charge >= 0.3 is 0 Å². The average Bonchev–Trinajstić information content (AvgIpc) is 3.94. The van der Waals surface area contributed by atoms with Crippen LogP contribution in [0.15, 0.2) is 140 Å². The first kappa shape index (κ1) is 36.2. The zero-order valence-electron chi connectivity index (χ0n) is 36.6. The summed E-state index contributed by atoms with van der Waals surface area (Å²) in [5.74, 6) is 0. The summed E-state index contributed by atoms with van der Waals surface area (Å²) in [4.78, 5) is 8.39. The maximum absolute atomic E-state index is 5.93. The molecule has 0 aliphatic heterocycles. The van der Waals surface area contributed by atoms with Crippen molar-refractivity contribution in [1.29, 1.82) is 0 Å². The lowest BCUT2D eigenvalue weighted by molar-refractivity contribution is 0.591. The van der Waals surface area contributed by atoms with Crippen molar-refractivity contribution in [3.8, 4) is 0 Å². The van der Waals surface area contributed by atoms with Crippen LogP contribution in [0.25, 0.3) is 87.2 Å². The lowest BCUT2D eigenvalue weighted by atomic mass is 9.84. The van der Waals surface area contributed by atoms with Gasteiger partial charge in [0.1, 0.15) is 5.65 Å². The second-order valence-electron chi connectivity index (χ2n) is 20.6. The van der Waals surface area contributed by atoms with E-state index in [1.807, 2.05) is 0 Å². The maximum atomic E-state index is 5.93. The minimum atomic E-state index is -0.0903. The van der Waals surface area contributed by atoms with Gasteiger partial charge in [-0.1, -0.05) is 123 Å². The Morgan fingerprint density at radius 2 is 0.852 bits per heavy atom. The topological polar surface area (TPSA) is 25.0 Å². The lowest BCUT2D eigenvalue weighted by Gasteiger charge is -2.29. The second kappa shape index (κ2) is 12.0. The molecule has 0 spiro atoms. The van der Waals surface area contributed by atoms with Gasteiger partial charge in [0.15, 0.2) is 0 Å². The number of rotatable bonds is 3. The van der Waals surface area contributed by atoms with Crippen molar-refractivity contribution in [2.45, 2.75) is 78.6 Å². The molecule has 61 heavy (non-hydrogen) atoms. The van der Waals surface area contributed by atoms with E-state index in [-0.39, 0.29) is 16.2 Å². The molecule has 0 saturated heterocycles. The fourth-order valence-corrected chi connectivity index (χ4v) is 10.2. The van der Waals surface area contributed by atoms with E-state index < -0.39 is 0 Å². The molecular weight excluding hydrogens is 741 g/mol. The van der Waals surface area contributed by atoms with Crippen LogP contribution >= 0.6 is 0 Å². The lowest BCUT2D eigenvalue weighted by Crippen LogP contribution is -2.15. The highest BCUT2D eigenvalue weighted by Gasteiger charge is 2.30. The quantitative estimate of drug-likeness (QED) is 0.178. The molecule has 298 valence electrons. The van der Waals surface area contributed by atoms with Crippen molar-refractivity contribution < 1.29 is 0 Å². The van der Waals surface area contributed by atoms with E-state index in [4.69, 9.17) is 4.98 Å². The molecule has 0 N–H and O–H groups in total. The third kappa shape index (κ3) is 5.08. The number of fused-ring (bicyclic) bond motifs is 13. The van der Waals surface area contributed by atoms with Crippen molar-refractivity contribution in [1.82, 2.24) is 13.8 Å². The summed E-state index contributed by atoms with van der Waals surface area (Å²) in [7, 11) is 0. The summed E-state index contributed by atoms with van der Waals surface area (Å²) in [5.41, 5.74) is 15.2. The van der Waals surface area contributed by atoms with Crippen molar-refractivity contribution in [2.75, 3.05) is 4.90 Å². The molecule has 12 rings (SSSR count). The van der Waals surface area contributed by atoms with Crippen LogP contribution in [-0.2, 0) is 16.2 Å². The predicted molar refractivity (Wildman–Crippen MR) is 262 cm³/mol. The van der Waals surface area contributed by atoms with Crippen molar-refractivity contribution in [2.24, 2.45) is 0 Å². The number of nitrogens with zero attached hydrogens (tertiary/aromatic N) is 4. The Bertz CT molecular complexity index is 3690. The molecule has 0 radical (unpaired) electrons.